The standard InChI is InChI=1S/C26H32N2O4/c1-3-32-22(29)19-14-28(24(31)26-11-15-8-16(12-26)10-17(9-15)13-26)25(2)21(19)18-6-4-5-7-20(18)27-23(25)30/h4-7,15-17,19,21H,3,8-14H2,1-2H3,(H,27,30)/t15?,16?,17?,19-,21+,25-,26?/m0/s1. The molecule has 6 heteroatoms. The molecule has 0 aromatic heterocycles. The summed E-state index contributed by atoms with van der Waals surface area (Å²) in [6.45, 7) is 4.20. The van der Waals surface area contributed by atoms with Crippen LogP contribution in [0.15, 0.2) is 24.3 Å². The summed E-state index contributed by atoms with van der Waals surface area (Å²) in [7, 11) is 0. The fourth-order valence-corrected chi connectivity index (χ4v) is 8.38. The predicted molar refractivity (Wildman–Crippen MR) is 119 cm³/mol. The summed E-state index contributed by atoms with van der Waals surface area (Å²) < 4.78 is 5.44. The number of likely N-dealkylation sites (tertiary alicyclic amines) is 1. The van der Waals surface area contributed by atoms with Gasteiger partial charge in [0.1, 0.15) is 5.54 Å². The van der Waals surface area contributed by atoms with Gasteiger partial charge >= 0.3 is 5.97 Å². The van der Waals surface area contributed by atoms with Gasteiger partial charge in [-0.05, 0) is 81.8 Å². The predicted octanol–water partition coefficient (Wildman–Crippen LogP) is 3.72. The second-order valence-corrected chi connectivity index (χ2v) is 11.1. The smallest absolute Gasteiger partial charge is 0.311 e. The van der Waals surface area contributed by atoms with Crippen molar-refractivity contribution in [3.8, 4) is 0 Å². The number of amides is 2. The second-order valence-electron chi connectivity index (χ2n) is 11.1. The lowest BCUT2D eigenvalue weighted by atomic mass is 9.49. The van der Waals surface area contributed by atoms with Gasteiger partial charge in [-0.3, -0.25) is 14.4 Å². The van der Waals surface area contributed by atoms with Crippen molar-refractivity contribution in [3.63, 3.8) is 0 Å². The number of carbonyl (C=O) groups is 3. The Hall–Kier alpha value is -2.37. The summed E-state index contributed by atoms with van der Waals surface area (Å²) in [5, 5.41) is 3.04. The molecular weight excluding hydrogens is 404 g/mol. The molecule has 2 heterocycles. The van der Waals surface area contributed by atoms with Gasteiger partial charge in [-0.15, -0.1) is 0 Å². The highest BCUT2D eigenvalue weighted by Crippen LogP contribution is 2.62. The summed E-state index contributed by atoms with van der Waals surface area (Å²) in [5.74, 6) is 0.578. The lowest BCUT2D eigenvalue weighted by Gasteiger charge is -2.57. The molecule has 2 aliphatic heterocycles. The number of nitrogens with zero attached hydrogens (tertiary/aromatic N) is 1. The molecule has 3 atom stereocenters. The third-order valence-corrected chi connectivity index (χ3v) is 9.28. The van der Waals surface area contributed by atoms with Gasteiger partial charge in [-0.2, -0.15) is 0 Å². The number of carbonyl (C=O) groups excluding carboxylic acids is 3. The van der Waals surface area contributed by atoms with Crippen LogP contribution in [-0.2, 0) is 19.1 Å². The molecule has 4 bridgehead atoms. The van der Waals surface area contributed by atoms with Crippen LogP contribution in [0, 0.1) is 29.1 Å². The van der Waals surface area contributed by atoms with E-state index in [0.717, 1.165) is 30.5 Å². The van der Waals surface area contributed by atoms with Gasteiger partial charge in [-0.25, -0.2) is 0 Å². The van der Waals surface area contributed by atoms with E-state index >= 15 is 0 Å². The van der Waals surface area contributed by atoms with Crippen LogP contribution in [0.1, 0.15) is 63.9 Å². The van der Waals surface area contributed by atoms with Crippen LogP contribution < -0.4 is 5.32 Å². The minimum absolute atomic E-state index is 0.102. The number of anilines is 1. The zero-order valence-electron chi connectivity index (χ0n) is 18.9. The average molecular weight is 437 g/mol. The van der Waals surface area contributed by atoms with E-state index in [1.54, 1.807) is 11.8 Å². The summed E-state index contributed by atoms with van der Waals surface area (Å²) >= 11 is 0. The SMILES string of the molecule is CCOC(=O)[C@H]1CN(C(=O)C23CC4CC(CC(C4)C2)C3)[C@]2(C)C(=O)Nc3ccccc3[C@H]12. The Bertz CT molecular complexity index is 968. The minimum Gasteiger partial charge on any atom is -0.466 e. The van der Waals surface area contributed by atoms with E-state index in [9.17, 15) is 14.4 Å². The largest absolute Gasteiger partial charge is 0.466 e. The van der Waals surface area contributed by atoms with Crippen LogP contribution in [0.25, 0.3) is 0 Å². The minimum atomic E-state index is -1.09. The van der Waals surface area contributed by atoms with Crippen molar-refractivity contribution >= 4 is 23.5 Å². The van der Waals surface area contributed by atoms with Crippen molar-refractivity contribution in [2.24, 2.45) is 29.1 Å². The van der Waals surface area contributed by atoms with Crippen LogP contribution in [0.3, 0.4) is 0 Å². The summed E-state index contributed by atoms with van der Waals surface area (Å²) in [4.78, 5) is 42.8. The van der Waals surface area contributed by atoms with Gasteiger partial charge in [0.05, 0.1) is 17.9 Å². The molecule has 4 saturated carbocycles. The number of nitrogens with one attached hydrogen (secondary N) is 1. The van der Waals surface area contributed by atoms with Gasteiger partial charge in [0.15, 0.2) is 0 Å². The van der Waals surface area contributed by atoms with Gasteiger partial charge in [0.2, 0.25) is 5.91 Å². The van der Waals surface area contributed by atoms with Crippen molar-refractivity contribution in [1.29, 1.82) is 0 Å². The van der Waals surface area contributed by atoms with E-state index in [2.05, 4.69) is 5.32 Å². The Kier molecular flexibility index (Phi) is 4.31. The van der Waals surface area contributed by atoms with Gasteiger partial charge < -0.3 is 15.0 Å². The lowest BCUT2D eigenvalue weighted by Crippen LogP contribution is -2.62. The number of ether oxygens (including phenoxy) is 1. The zero-order chi connectivity index (χ0) is 22.3. The number of rotatable bonds is 3. The number of hydrogen-bond acceptors (Lipinski definition) is 4. The van der Waals surface area contributed by atoms with Crippen molar-refractivity contribution in [2.45, 2.75) is 63.8 Å². The highest BCUT2D eigenvalue weighted by atomic mass is 16.5. The molecule has 1 N–H and O–H groups in total. The number of benzene rings is 1. The van der Waals surface area contributed by atoms with Crippen LogP contribution in [0.2, 0.25) is 0 Å². The Balaban J connectivity index is 1.43. The van der Waals surface area contributed by atoms with Crippen molar-refractivity contribution in [2.75, 3.05) is 18.5 Å². The maximum absolute atomic E-state index is 14.3. The number of para-hydroxylation sites is 1. The van der Waals surface area contributed by atoms with Crippen LogP contribution in [-0.4, -0.2) is 41.4 Å². The molecule has 0 unspecified atom stereocenters. The Morgan fingerprint density at radius 2 is 1.72 bits per heavy atom. The van der Waals surface area contributed by atoms with Crippen LogP contribution >= 0.6 is 0 Å². The maximum Gasteiger partial charge on any atom is 0.311 e. The number of hydrogen-bond donors (Lipinski definition) is 1. The molecule has 0 radical (unpaired) electrons. The first-order valence-electron chi connectivity index (χ1n) is 12.2. The van der Waals surface area contributed by atoms with E-state index < -0.39 is 17.4 Å². The topological polar surface area (TPSA) is 75.7 Å². The first kappa shape index (κ1) is 20.3. The third kappa shape index (κ3) is 2.61. The first-order chi connectivity index (χ1) is 15.4. The quantitative estimate of drug-likeness (QED) is 0.733. The molecule has 4 aliphatic carbocycles. The molecule has 1 aromatic rings. The molecule has 170 valence electrons. The Labute approximate surface area is 189 Å². The molecule has 7 rings (SSSR count). The van der Waals surface area contributed by atoms with Gasteiger partial charge in [-0.1, -0.05) is 18.2 Å². The molecule has 6 aliphatic rings. The van der Waals surface area contributed by atoms with Gasteiger partial charge in [0.25, 0.3) is 5.91 Å². The highest BCUT2D eigenvalue weighted by Gasteiger charge is 2.65. The summed E-state index contributed by atoms with van der Waals surface area (Å²) in [5.41, 5.74) is 0.210. The second kappa shape index (κ2) is 6.82. The van der Waals surface area contributed by atoms with Crippen molar-refractivity contribution in [3.05, 3.63) is 29.8 Å². The third-order valence-electron chi connectivity index (χ3n) is 9.28. The summed E-state index contributed by atoms with van der Waals surface area (Å²) in [6.07, 6.45) is 6.59. The molecule has 0 spiro atoms. The molecule has 1 saturated heterocycles. The van der Waals surface area contributed by atoms with E-state index in [1.165, 1.54) is 19.3 Å². The fourth-order valence-electron chi connectivity index (χ4n) is 8.38. The normalized spacial score (nSPS) is 41.1. The van der Waals surface area contributed by atoms with E-state index in [4.69, 9.17) is 4.74 Å². The first-order valence-corrected chi connectivity index (χ1v) is 12.2. The molecule has 6 nitrogen and oxygen atoms in total. The molecular formula is C26H32N2O4. The Morgan fingerprint density at radius 1 is 1.09 bits per heavy atom. The molecule has 5 fully saturated rings. The zero-order valence-corrected chi connectivity index (χ0v) is 18.9. The van der Waals surface area contributed by atoms with Crippen molar-refractivity contribution in [1.82, 2.24) is 4.90 Å². The number of esters is 1. The van der Waals surface area contributed by atoms with Crippen LogP contribution in [0.4, 0.5) is 5.69 Å². The summed E-state index contributed by atoms with van der Waals surface area (Å²) in [6, 6.07) is 7.66. The van der Waals surface area contributed by atoms with Crippen LogP contribution in [0.5, 0.6) is 0 Å². The molecule has 1 aromatic carbocycles. The number of fused-ring (bicyclic) bond motifs is 3. The average Bonchev–Trinajstić information content (AvgIpc) is 3.07. The Morgan fingerprint density at radius 3 is 2.34 bits per heavy atom. The fraction of sp³-hybridized carbons (Fsp3) is 0.654. The molecule has 32 heavy (non-hydrogen) atoms. The van der Waals surface area contributed by atoms with Gasteiger partial charge in [0, 0.05) is 18.2 Å². The lowest BCUT2D eigenvalue weighted by molar-refractivity contribution is -0.164. The monoisotopic (exact) mass is 436 g/mol. The highest BCUT2D eigenvalue weighted by molar-refractivity contribution is 6.06. The van der Waals surface area contributed by atoms with E-state index in [0.29, 0.717) is 17.8 Å². The van der Waals surface area contributed by atoms with E-state index in [1.807, 2.05) is 31.2 Å². The van der Waals surface area contributed by atoms with E-state index in [-0.39, 0.29) is 36.4 Å². The van der Waals surface area contributed by atoms with Crippen molar-refractivity contribution < 1.29 is 19.1 Å². The molecule has 2 amide bonds. The maximum atomic E-state index is 14.3.